The van der Waals surface area contributed by atoms with Crippen LogP contribution in [0.1, 0.15) is 55.3 Å². The Morgan fingerprint density at radius 2 is 1.64 bits per heavy atom. The highest BCUT2D eigenvalue weighted by molar-refractivity contribution is 5.95. The molecule has 39 heavy (non-hydrogen) atoms. The van der Waals surface area contributed by atoms with Gasteiger partial charge in [0.1, 0.15) is 5.52 Å². The smallest absolute Gasteiger partial charge is 0.251 e. The van der Waals surface area contributed by atoms with Crippen molar-refractivity contribution in [3.05, 3.63) is 36.2 Å². The van der Waals surface area contributed by atoms with E-state index in [-0.39, 0.29) is 17.7 Å². The van der Waals surface area contributed by atoms with E-state index in [1.54, 1.807) is 18.5 Å². The lowest BCUT2D eigenvalue weighted by Crippen LogP contribution is -2.28. The van der Waals surface area contributed by atoms with Gasteiger partial charge in [-0.05, 0) is 44.2 Å². The van der Waals surface area contributed by atoms with Crippen LogP contribution in [0.5, 0.6) is 0 Å². The summed E-state index contributed by atoms with van der Waals surface area (Å²) in [6.07, 6.45) is 7.74. The first-order valence-corrected chi connectivity index (χ1v) is 14.0. The molecule has 204 valence electrons. The molecule has 2 saturated heterocycles. The molecule has 2 aromatic heterocycles. The highest BCUT2D eigenvalue weighted by Gasteiger charge is 2.24. The van der Waals surface area contributed by atoms with Gasteiger partial charge in [-0.1, -0.05) is 12.1 Å². The molecule has 2 aliphatic heterocycles. The van der Waals surface area contributed by atoms with Crippen LogP contribution in [0.2, 0.25) is 0 Å². The molecule has 6 rings (SSSR count). The minimum atomic E-state index is -0.0613. The number of hydrogen-bond acceptors (Lipinski definition) is 7. The minimum Gasteiger partial charge on any atom is -0.368 e. The number of rotatable bonds is 11. The molecule has 4 heterocycles. The van der Waals surface area contributed by atoms with Crippen molar-refractivity contribution < 1.29 is 14.4 Å². The van der Waals surface area contributed by atoms with E-state index in [0.29, 0.717) is 66.9 Å². The highest BCUT2D eigenvalue weighted by atomic mass is 16.2. The third-order valence-corrected chi connectivity index (χ3v) is 7.63. The lowest BCUT2D eigenvalue weighted by Gasteiger charge is -2.16. The van der Waals surface area contributed by atoms with E-state index in [2.05, 4.69) is 15.6 Å². The average molecular weight is 531 g/mol. The van der Waals surface area contributed by atoms with E-state index in [1.165, 1.54) is 0 Å². The van der Waals surface area contributed by atoms with Crippen LogP contribution in [0.15, 0.2) is 30.6 Å². The Morgan fingerprint density at radius 1 is 0.923 bits per heavy atom. The number of aromatic nitrogens is 4. The number of imidazole rings is 1. The molecule has 3 fully saturated rings. The fourth-order valence-corrected chi connectivity index (χ4v) is 5.21. The van der Waals surface area contributed by atoms with E-state index < -0.39 is 0 Å². The topological polar surface area (TPSA) is 125 Å². The Labute approximate surface area is 227 Å². The number of carbonyl (C=O) groups is 3. The standard InChI is InChI=1S/C28H34N8O3/c37-22-4-1-13-34(22)15-3-12-29-26-24-27(36(18-30-24)17-16-35-14-2-5-23(35)38)33-25(32-26)19-6-8-20(9-7-19)28(39)31-21-10-11-21/h6-9,18,21H,1-5,10-17H2,(H,31,39)(H,29,32,33). The Hall–Kier alpha value is -4.02. The van der Waals surface area contributed by atoms with Gasteiger partial charge in [-0.25, -0.2) is 15.0 Å². The number of nitrogens with zero attached hydrogens (tertiary/aromatic N) is 6. The molecule has 1 aromatic carbocycles. The number of anilines is 1. The lowest BCUT2D eigenvalue weighted by atomic mass is 10.1. The van der Waals surface area contributed by atoms with Crippen molar-refractivity contribution in [3.8, 4) is 11.4 Å². The summed E-state index contributed by atoms with van der Waals surface area (Å²) in [6, 6.07) is 7.65. The van der Waals surface area contributed by atoms with Gasteiger partial charge in [-0.2, -0.15) is 0 Å². The number of nitrogens with one attached hydrogen (secondary N) is 2. The van der Waals surface area contributed by atoms with Crippen molar-refractivity contribution in [2.45, 2.75) is 57.5 Å². The molecule has 0 unspecified atom stereocenters. The first kappa shape index (κ1) is 25.3. The largest absolute Gasteiger partial charge is 0.368 e. The van der Waals surface area contributed by atoms with Crippen molar-refractivity contribution >= 4 is 34.7 Å². The van der Waals surface area contributed by atoms with Crippen molar-refractivity contribution in [1.82, 2.24) is 34.6 Å². The number of likely N-dealkylation sites (tertiary alicyclic amines) is 2. The molecule has 0 radical (unpaired) electrons. The molecular formula is C28H34N8O3. The Morgan fingerprint density at radius 3 is 2.31 bits per heavy atom. The molecule has 0 spiro atoms. The highest BCUT2D eigenvalue weighted by Crippen LogP contribution is 2.25. The Balaban J connectivity index is 1.23. The molecule has 11 nitrogen and oxygen atoms in total. The molecule has 3 aromatic rings. The van der Waals surface area contributed by atoms with E-state index in [9.17, 15) is 14.4 Å². The molecule has 3 aliphatic rings. The third kappa shape index (κ3) is 5.71. The van der Waals surface area contributed by atoms with E-state index >= 15 is 0 Å². The monoisotopic (exact) mass is 530 g/mol. The Kier molecular flexibility index (Phi) is 7.12. The summed E-state index contributed by atoms with van der Waals surface area (Å²) in [6.45, 7) is 4.19. The van der Waals surface area contributed by atoms with Gasteiger partial charge in [0.2, 0.25) is 11.8 Å². The van der Waals surface area contributed by atoms with Crippen molar-refractivity contribution in [1.29, 1.82) is 0 Å². The second-order valence-corrected chi connectivity index (χ2v) is 10.6. The molecule has 3 amide bonds. The second kappa shape index (κ2) is 11.0. The second-order valence-electron chi connectivity index (χ2n) is 10.6. The molecule has 2 N–H and O–H groups in total. The molecule has 11 heteroatoms. The minimum absolute atomic E-state index is 0.0613. The summed E-state index contributed by atoms with van der Waals surface area (Å²) in [4.78, 5) is 54.6. The van der Waals surface area contributed by atoms with Gasteiger partial charge in [-0.15, -0.1) is 0 Å². The maximum absolute atomic E-state index is 12.4. The fourth-order valence-electron chi connectivity index (χ4n) is 5.21. The van der Waals surface area contributed by atoms with Crippen molar-refractivity contribution in [3.63, 3.8) is 0 Å². The summed E-state index contributed by atoms with van der Waals surface area (Å²) in [7, 11) is 0. The average Bonchev–Trinajstić information content (AvgIpc) is 3.29. The summed E-state index contributed by atoms with van der Waals surface area (Å²) in [5, 5.41) is 6.43. The zero-order valence-corrected chi connectivity index (χ0v) is 22.1. The quantitative estimate of drug-likeness (QED) is 0.365. The van der Waals surface area contributed by atoms with Crippen LogP contribution in [0.25, 0.3) is 22.6 Å². The SMILES string of the molecule is O=C(NC1CC1)c1ccc(-c2nc(NCCCN3CCCC3=O)c3ncn(CCN4CCCC4=O)c3n2)cc1. The van der Waals surface area contributed by atoms with Gasteiger partial charge in [-0.3, -0.25) is 14.4 Å². The summed E-state index contributed by atoms with van der Waals surface area (Å²) < 4.78 is 1.97. The van der Waals surface area contributed by atoms with Gasteiger partial charge in [0.25, 0.3) is 5.91 Å². The van der Waals surface area contributed by atoms with Crippen LogP contribution in [0.4, 0.5) is 5.82 Å². The van der Waals surface area contributed by atoms with Crippen molar-refractivity contribution in [2.24, 2.45) is 0 Å². The van der Waals surface area contributed by atoms with Gasteiger partial charge in [0, 0.05) is 69.3 Å². The van der Waals surface area contributed by atoms with E-state index in [1.807, 2.05) is 26.5 Å². The summed E-state index contributed by atoms with van der Waals surface area (Å²) in [5.74, 6) is 1.53. The fraction of sp³-hybridized carbons (Fsp3) is 0.500. The van der Waals surface area contributed by atoms with Crippen LogP contribution in [-0.4, -0.2) is 85.8 Å². The van der Waals surface area contributed by atoms with Crippen molar-refractivity contribution in [2.75, 3.05) is 38.0 Å². The van der Waals surface area contributed by atoms with Crippen LogP contribution in [0, 0.1) is 0 Å². The van der Waals surface area contributed by atoms with Gasteiger partial charge >= 0.3 is 0 Å². The molecule has 0 bridgehead atoms. The van der Waals surface area contributed by atoms with Crippen LogP contribution < -0.4 is 10.6 Å². The predicted octanol–water partition coefficient (Wildman–Crippen LogP) is 2.43. The van der Waals surface area contributed by atoms with Crippen LogP contribution in [0.3, 0.4) is 0 Å². The zero-order valence-electron chi connectivity index (χ0n) is 22.1. The van der Waals surface area contributed by atoms with Crippen LogP contribution in [-0.2, 0) is 16.1 Å². The van der Waals surface area contributed by atoms with Gasteiger partial charge < -0.3 is 25.0 Å². The molecule has 0 atom stereocenters. The molecular weight excluding hydrogens is 496 g/mol. The van der Waals surface area contributed by atoms with E-state index in [0.717, 1.165) is 57.3 Å². The predicted molar refractivity (Wildman–Crippen MR) is 146 cm³/mol. The maximum atomic E-state index is 12.4. The number of fused-ring (bicyclic) bond motifs is 1. The third-order valence-electron chi connectivity index (χ3n) is 7.63. The molecule has 1 aliphatic carbocycles. The van der Waals surface area contributed by atoms with Gasteiger partial charge in [0.15, 0.2) is 17.3 Å². The first-order chi connectivity index (χ1) is 19.0. The van der Waals surface area contributed by atoms with Crippen LogP contribution >= 0.6 is 0 Å². The molecule has 1 saturated carbocycles. The zero-order chi connectivity index (χ0) is 26.8. The van der Waals surface area contributed by atoms with Gasteiger partial charge in [0.05, 0.1) is 6.33 Å². The number of amides is 3. The summed E-state index contributed by atoms with van der Waals surface area (Å²) in [5.41, 5.74) is 2.78. The number of carbonyl (C=O) groups excluding carboxylic acids is 3. The van der Waals surface area contributed by atoms with E-state index in [4.69, 9.17) is 9.97 Å². The first-order valence-electron chi connectivity index (χ1n) is 14.0. The lowest BCUT2D eigenvalue weighted by molar-refractivity contribution is -0.128. The Bertz CT molecular complexity index is 1380. The normalized spacial score (nSPS) is 17.4. The number of benzene rings is 1. The summed E-state index contributed by atoms with van der Waals surface area (Å²) >= 11 is 0. The number of hydrogen-bond donors (Lipinski definition) is 2. The maximum Gasteiger partial charge on any atom is 0.251 e.